The minimum absolute atomic E-state index is 0.0970. The highest BCUT2D eigenvalue weighted by molar-refractivity contribution is 9.10. The number of hydrazone groups is 1. The Kier molecular flexibility index (Phi) is 3.39. The third-order valence-electron chi connectivity index (χ3n) is 2.56. The van der Waals surface area contributed by atoms with Gasteiger partial charge in [0.25, 0.3) is 0 Å². The molecule has 1 aromatic carbocycles. The highest BCUT2D eigenvalue weighted by atomic mass is 79.9. The molecule has 0 radical (unpaired) electrons. The molecule has 1 aromatic rings. The molecule has 0 saturated carbocycles. The van der Waals surface area contributed by atoms with E-state index < -0.39 is 0 Å². The zero-order valence-corrected chi connectivity index (χ0v) is 10.7. The molecular weight excluding hydrogens is 268 g/mol. The number of hydrogen-bond donors (Lipinski definition) is 0. The zero-order valence-electron chi connectivity index (χ0n) is 9.11. The Bertz CT molecular complexity index is 425. The van der Waals surface area contributed by atoms with Gasteiger partial charge in [0.2, 0.25) is 5.91 Å². The quantitative estimate of drug-likeness (QED) is 0.838. The summed E-state index contributed by atoms with van der Waals surface area (Å²) in [7, 11) is 0. The molecule has 4 heteroatoms. The van der Waals surface area contributed by atoms with Gasteiger partial charge < -0.3 is 0 Å². The van der Waals surface area contributed by atoms with Crippen LogP contribution in [-0.4, -0.2) is 16.6 Å². The number of hydrogen-bond acceptors (Lipinski definition) is 2. The average Bonchev–Trinajstić information content (AvgIpc) is 2.63. The fourth-order valence-corrected chi connectivity index (χ4v) is 1.87. The van der Waals surface area contributed by atoms with Gasteiger partial charge in [0.1, 0.15) is 0 Å². The summed E-state index contributed by atoms with van der Waals surface area (Å²) in [5.41, 5.74) is 2.07. The molecule has 1 aliphatic rings. The standard InChI is InChI=1S/C12H13BrN2O/c1-2-11-7-12(16)15(14-11)8-9-3-5-10(13)6-4-9/h3-6H,2,7-8H2,1H3. The molecule has 0 fully saturated rings. The fourth-order valence-electron chi connectivity index (χ4n) is 1.61. The van der Waals surface area contributed by atoms with Crippen LogP contribution in [0.15, 0.2) is 33.8 Å². The number of benzene rings is 1. The topological polar surface area (TPSA) is 32.7 Å². The van der Waals surface area contributed by atoms with Crippen molar-refractivity contribution in [1.29, 1.82) is 0 Å². The van der Waals surface area contributed by atoms with Crippen LogP contribution in [-0.2, 0) is 11.3 Å². The van der Waals surface area contributed by atoms with Crippen LogP contribution in [0.4, 0.5) is 0 Å². The van der Waals surface area contributed by atoms with E-state index in [2.05, 4.69) is 21.0 Å². The minimum Gasteiger partial charge on any atom is -0.273 e. The maximum atomic E-state index is 11.6. The summed E-state index contributed by atoms with van der Waals surface area (Å²) in [5.74, 6) is 0.0970. The second kappa shape index (κ2) is 4.78. The van der Waals surface area contributed by atoms with E-state index in [0.29, 0.717) is 13.0 Å². The van der Waals surface area contributed by atoms with Crippen LogP contribution >= 0.6 is 15.9 Å². The van der Waals surface area contributed by atoms with Gasteiger partial charge in [0, 0.05) is 10.2 Å². The van der Waals surface area contributed by atoms with Crippen LogP contribution in [0.25, 0.3) is 0 Å². The van der Waals surface area contributed by atoms with Crippen LogP contribution in [0.1, 0.15) is 25.3 Å². The Hall–Kier alpha value is -1.16. The molecule has 1 heterocycles. The van der Waals surface area contributed by atoms with Gasteiger partial charge in [0.15, 0.2) is 0 Å². The maximum absolute atomic E-state index is 11.6. The Morgan fingerprint density at radius 2 is 2.06 bits per heavy atom. The van der Waals surface area contributed by atoms with E-state index in [4.69, 9.17) is 0 Å². The number of carbonyl (C=O) groups excluding carboxylic acids is 1. The lowest BCUT2D eigenvalue weighted by Crippen LogP contribution is -2.19. The number of carbonyl (C=O) groups is 1. The van der Waals surface area contributed by atoms with Crippen molar-refractivity contribution in [2.24, 2.45) is 5.10 Å². The predicted octanol–water partition coefficient (Wildman–Crippen LogP) is 2.95. The van der Waals surface area contributed by atoms with Gasteiger partial charge >= 0.3 is 0 Å². The SMILES string of the molecule is CCC1=NN(Cc2ccc(Br)cc2)C(=O)C1. The average molecular weight is 281 g/mol. The minimum atomic E-state index is 0.0970. The van der Waals surface area contributed by atoms with Crippen molar-refractivity contribution in [3.63, 3.8) is 0 Å². The van der Waals surface area contributed by atoms with Gasteiger partial charge in [-0.2, -0.15) is 5.10 Å². The number of nitrogens with zero attached hydrogens (tertiary/aromatic N) is 2. The van der Waals surface area contributed by atoms with Crippen molar-refractivity contribution in [1.82, 2.24) is 5.01 Å². The molecule has 84 valence electrons. The van der Waals surface area contributed by atoms with Crippen LogP contribution < -0.4 is 0 Å². The molecule has 0 atom stereocenters. The van der Waals surface area contributed by atoms with Gasteiger partial charge in [-0.05, 0) is 24.1 Å². The van der Waals surface area contributed by atoms with Gasteiger partial charge in [-0.25, -0.2) is 5.01 Å². The van der Waals surface area contributed by atoms with Gasteiger partial charge in [-0.15, -0.1) is 0 Å². The Balaban J connectivity index is 2.07. The Labute approximate surface area is 103 Å². The number of rotatable bonds is 3. The van der Waals surface area contributed by atoms with Crippen molar-refractivity contribution in [3.05, 3.63) is 34.3 Å². The highest BCUT2D eigenvalue weighted by Crippen LogP contribution is 2.16. The molecule has 3 nitrogen and oxygen atoms in total. The molecule has 2 rings (SSSR count). The monoisotopic (exact) mass is 280 g/mol. The third-order valence-corrected chi connectivity index (χ3v) is 3.09. The van der Waals surface area contributed by atoms with Crippen LogP contribution in [0.3, 0.4) is 0 Å². The van der Waals surface area contributed by atoms with E-state index in [1.54, 1.807) is 5.01 Å². The Morgan fingerprint density at radius 1 is 1.38 bits per heavy atom. The molecule has 0 bridgehead atoms. The van der Waals surface area contributed by atoms with Gasteiger partial charge in [0.05, 0.1) is 13.0 Å². The maximum Gasteiger partial charge on any atom is 0.248 e. The fraction of sp³-hybridized carbons (Fsp3) is 0.333. The molecule has 0 aromatic heterocycles. The lowest BCUT2D eigenvalue weighted by atomic mass is 10.2. The zero-order chi connectivity index (χ0) is 11.5. The van der Waals surface area contributed by atoms with Crippen LogP contribution in [0.2, 0.25) is 0 Å². The van der Waals surface area contributed by atoms with Crippen LogP contribution in [0.5, 0.6) is 0 Å². The summed E-state index contributed by atoms with van der Waals surface area (Å²) in [6.45, 7) is 2.59. The summed E-state index contributed by atoms with van der Waals surface area (Å²) in [5, 5.41) is 5.85. The predicted molar refractivity (Wildman–Crippen MR) is 67.0 cm³/mol. The summed E-state index contributed by atoms with van der Waals surface area (Å²) >= 11 is 3.38. The first-order valence-electron chi connectivity index (χ1n) is 5.30. The van der Waals surface area contributed by atoms with Crippen molar-refractivity contribution in [2.45, 2.75) is 26.3 Å². The summed E-state index contributed by atoms with van der Waals surface area (Å²) < 4.78 is 1.04. The van der Waals surface area contributed by atoms with E-state index in [9.17, 15) is 4.79 Å². The van der Waals surface area contributed by atoms with Crippen molar-refractivity contribution >= 4 is 27.5 Å². The first-order chi connectivity index (χ1) is 7.69. The van der Waals surface area contributed by atoms with E-state index in [1.807, 2.05) is 31.2 Å². The second-order valence-electron chi connectivity index (χ2n) is 3.77. The molecule has 0 saturated heterocycles. The van der Waals surface area contributed by atoms with E-state index in [0.717, 1.165) is 22.2 Å². The largest absolute Gasteiger partial charge is 0.273 e. The number of amides is 1. The van der Waals surface area contributed by atoms with Crippen molar-refractivity contribution in [3.8, 4) is 0 Å². The third kappa shape index (κ3) is 2.50. The molecule has 16 heavy (non-hydrogen) atoms. The smallest absolute Gasteiger partial charge is 0.248 e. The van der Waals surface area contributed by atoms with Crippen molar-refractivity contribution in [2.75, 3.05) is 0 Å². The first kappa shape index (κ1) is 11.3. The normalized spacial score (nSPS) is 15.5. The van der Waals surface area contributed by atoms with Gasteiger partial charge in [-0.1, -0.05) is 35.0 Å². The lowest BCUT2D eigenvalue weighted by molar-refractivity contribution is -0.129. The van der Waals surface area contributed by atoms with Crippen LogP contribution in [0, 0.1) is 0 Å². The van der Waals surface area contributed by atoms with Crippen molar-refractivity contribution < 1.29 is 4.79 Å². The lowest BCUT2D eigenvalue weighted by Gasteiger charge is -2.11. The van der Waals surface area contributed by atoms with E-state index in [1.165, 1.54) is 0 Å². The summed E-state index contributed by atoms with van der Waals surface area (Å²) in [6.07, 6.45) is 1.33. The number of halogens is 1. The molecule has 0 spiro atoms. The highest BCUT2D eigenvalue weighted by Gasteiger charge is 2.22. The van der Waals surface area contributed by atoms with E-state index in [-0.39, 0.29) is 5.91 Å². The molecule has 0 unspecified atom stereocenters. The summed E-state index contributed by atoms with van der Waals surface area (Å²) in [4.78, 5) is 11.6. The molecule has 1 amide bonds. The molecule has 0 aliphatic carbocycles. The summed E-state index contributed by atoms with van der Waals surface area (Å²) in [6, 6.07) is 7.94. The molecule has 1 aliphatic heterocycles. The first-order valence-corrected chi connectivity index (χ1v) is 6.09. The second-order valence-corrected chi connectivity index (χ2v) is 4.69. The Morgan fingerprint density at radius 3 is 2.62 bits per heavy atom. The van der Waals surface area contributed by atoms with Gasteiger partial charge in [-0.3, -0.25) is 4.79 Å². The molecule has 0 N–H and O–H groups in total. The van der Waals surface area contributed by atoms with E-state index >= 15 is 0 Å². The molecular formula is C12H13BrN2O.